The quantitative estimate of drug-likeness (QED) is 0.447. The standard InChI is InChI=1S/C21H20ClNO3/c1-13(2)25-20-9-8-15(14(3)24)11-19(20)23-21-18-7-5-4-6-16(18)10-17(12-22)26-21/h4-11,13H,12H2,1-3H3. The van der Waals surface area contributed by atoms with Gasteiger partial charge in [0.2, 0.25) is 5.55 Å². The summed E-state index contributed by atoms with van der Waals surface area (Å²) in [5.41, 5.74) is 1.55. The van der Waals surface area contributed by atoms with E-state index in [0.717, 1.165) is 10.8 Å². The normalized spacial score (nSPS) is 12.0. The molecule has 0 aliphatic carbocycles. The fraction of sp³-hybridized carbons (Fsp3) is 0.238. The molecule has 134 valence electrons. The summed E-state index contributed by atoms with van der Waals surface area (Å²) in [6.45, 7) is 5.41. The van der Waals surface area contributed by atoms with Gasteiger partial charge < -0.3 is 9.15 Å². The van der Waals surface area contributed by atoms with E-state index in [4.69, 9.17) is 20.8 Å². The minimum atomic E-state index is -0.0335. The monoisotopic (exact) mass is 369 g/mol. The van der Waals surface area contributed by atoms with Crippen LogP contribution in [0.1, 0.15) is 36.9 Å². The summed E-state index contributed by atoms with van der Waals surface area (Å²) in [4.78, 5) is 16.4. The topological polar surface area (TPSA) is 51.8 Å². The number of hydrogen-bond donors (Lipinski definition) is 0. The van der Waals surface area contributed by atoms with E-state index in [9.17, 15) is 4.79 Å². The Morgan fingerprint density at radius 1 is 1.19 bits per heavy atom. The van der Waals surface area contributed by atoms with Crippen LogP contribution >= 0.6 is 11.6 Å². The van der Waals surface area contributed by atoms with Gasteiger partial charge in [-0.25, -0.2) is 4.99 Å². The lowest BCUT2D eigenvalue weighted by Crippen LogP contribution is -2.08. The molecular formula is C21H20ClNO3. The minimum Gasteiger partial charge on any atom is -0.489 e. The van der Waals surface area contributed by atoms with Gasteiger partial charge >= 0.3 is 0 Å². The lowest BCUT2D eigenvalue weighted by Gasteiger charge is -2.12. The van der Waals surface area contributed by atoms with Crippen LogP contribution in [0.15, 0.2) is 57.9 Å². The van der Waals surface area contributed by atoms with Gasteiger partial charge in [-0.1, -0.05) is 18.2 Å². The number of ketones is 1. The molecule has 0 unspecified atom stereocenters. The summed E-state index contributed by atoms with van der Waals surface area (Å²) in [7, 11) is 0. The fourth-order valence-corrected chi connectivity index (χ4v) is 2.77. The first-order valence-corrected chi connectivity index (χ1v) is 8.95. The Hall–Kier alpha value is -2.59. The molecular weight excluding hydrogens is 350 g/mol. The van der Waals surface area contributed by atoms with Crippen LogP contribution in [-0.4, -0.2) is 11.9 Å². The predicted molar refractivity (Wildman–Crippen MR) is 103 cm³/mol. The van der Waals surface area contributed by atoms with Gasteiger partial charge in [-0.15, -0.1) is 11.6 Å². The third-order valence-electron chi connectivity index (χ3n) is 3.82. The van der Waals surface area contributed by atoms with Gasteiger partial charge in [-0.3, -0.25) is 4.79 Å². The predicted octanol–water partition coefficient (Wildman–Crippen LogP) is 5.39. The van der Waals surface area contributed by atoms with Crippen LogP contribution < -0.4 is 10.3 Å². The zero-order valence-corrected chi connectivity index (χ0v) is 15.7. The van der Waals surface area contributed by atoms with E-state index in [1.807, 2.05) is 44.2 Å². The molecule has 0 radical (unpaired) electrons. The smallest absolute Gasteiger partial charge is 0.227 e. The second-order valence-electron chi connectivity index (χ2n) is 6.26. The molecule has 3 rings (SSSR count). The van der Waals surface area contributed by atoms with Crippen molar-refractivity contribution in [3.63, 3.8) is 0 Å². The molecule has 0 fully saturated rings. The summed E-state index contributed by atoms with van der Waals surface area (Å²) in [6, 6.07) is 14.9. The van der Waals surface area contributed by atoms with Gasteiger partial charge in [-0.2, -0.15) is 0 Å². The minimum absolute atomic E-state index is 0.0185. The third kappa shape index (κ3) is 3.97. The average molecular weight is 370 g/mol. The van der Waals surface area contributed by atoms with Gasteiger partial charge in [0.05, 0.1) is 12.0 Å². The number of Topliss-reactive ketones (excluding diaryl/α,β-unsaturated/α-hetero) is 1. The summed E-state index contributed by atoms with van der Waals surface area (Å²) < 4.78 is 11.7. The van der Waals surface area contributed by atoms with Gasteiger partial charge in [0.15, 0.2) is 5.78 Å². The molecule has 0 saturated carbocycles. The summed E-state index contributed by atoms with van der Waals surface area (Å²) in [5, 5.41) is 1.85. The van der Waals surface area contributed by atoms with Crippen molar-refractivity contribution in [3.05, 3.63) is 65.4 Å². The molecule has 3 aromatic rings. The van der Waals surface area contributed by atoms with Crippen molar-refractivity contribution in [2.45, 2.75) is 32.8 Å². The summed E-state index contributed by atoms with van der Waals surface area (Å²) in [5.74, 6) is 1.43. The molecule has 0 atom stereocenters. The molecule has 0 amide bonds. The van der Waals surface area contributed by atoms with Gasteiger partial charge in [0.25, 0.3) is 0 Å². The Morgan fingerprint density at radius 2 is 1.96 bits per heavy atom. The molecule has 0 aliphatic heterocycles. The molecule has 0 aliphatic rings. The molecule has 1 aromatic heterocycles. The average Bonchev–Trinajstić information content (AvgIpc) is 2.62. The maximum Gasteiger partial charge on any atom is 0.227 e. The maximum atomic E-state index is 11.8. The van der Waals surface area contributed by atoms with Crippen molar-refractivity contribution in [2.24, 2.45) is 4.99 Å². The summed E-state index contributed by atoms with van der Waals surface area (Å²) >= 11 is 5.96. The van der Waals surface area contributed by atoms with E-state index < -0.39 is 0 Å². The number of carbonyl (C=O) groups excluding carboxylic acids is 1. The van der Waals surface area contributed by atoms with E-state index >= 15 is 0 Å². The van der Waals surface area contributed by atoms with Crippen molar-refractivity contribution in [2.75, 3.05) is 0 Å². The first kappa shape index (κ1) is 18.2. The summed E-state index contributed by atoms with van der Waals surface area (Å²) in [6.07, 6.45) is -0.0185. The number of carbonyl (C=O) groups is 1. The van der Waals surface area contributed by atoms with Crippen molar-refractivity contribution in [1.29, 1.82) is 0 Å². The van der Waals surface area contributed by atoms with E-state index in [0.29, 0.717) is 28.3 Å². The Balaban J connectivity index is 2.28. The number of fused-ring (bicyclic) bond motifs is 1. The van der Waals surface area contributed by atoms with Crippen LogP contribution in [0.5, 0.6) is 5.75 Å². The lowest BCUT2D eigenvalue weighted by atomic mass is 10.1. The highest BCUT2D eigenvalue weighted by molar-refractivity contribution is 6.16. The fourth-order valence-electron chi connectivity index (χ4n) is 2.64. The molecule has 0 spiro atoms. The second-order valence-corrected chi connectivity index (χ2v) is 6.52. The van der Waals surface area contributed by atoms with Crippen molar-refractivity contribution < 1.29 is 13.9 Å². The van der Waals surface area contributed by atoms with E-state index in [1.165, 1.54) is 6.92 Å². The number of halogens is 1. The molecule has 1 heterocycles. The zero-order chi connectivity index (χ0) is 18.7. The number of rotatable bonds is 5. The van der Waals surface area contributed by atoms with Crippen LogP contribution in [0, 0.1) is 0 Å². The third-order valence-corrected chi connectivity index (χ3v) is 4.08. The number of nitrogens with zero attached hydrogens (tertiary/aromatic N) is 1. The SMILES string of the molecule is CC(=O)c1ccc(OC(C)C)c(N=c2oc(CCl)cc3ccccc23)c1. The number of benzene rings is 2. The van der Waals surface area contributed by atoms with Crippen LogP contribution in [-0.2, 0) is 5.88 Å². The molecule has 0 bridgehead atoms. The molecule has 4 nitrogen and oxygen atoms in total. The van der Waals surface area contributed by atoms with Crippen LogP contribution in [0.4, 0.5) is 5.69 Å². The van der Waals surface area contributed by atoms with Gasteiger partial charge in [0, 0.05) is 10.9 Å². The van der Waals surface area contributed by atoms with Crippen molar-refractivity contribution >= 4 is 33.8 Å². The first-order valence-electron chi connectivity index (χ1n) is 8.42. The van der Waals surface area contributed by atoms with Crippen LogP contribution in [0.3, 0.4) is 0 Å². The van der Waals surface area contributed by atoms with Gasteiger partial charge in [-0.05, 0) is 56.5 Å². The largest absolute Gasteiger partial charge is 0.489 e. The Morgan fingerprint density at radius 3 is 2.65 bits per heavy atom. The van der Waals surface area contributed by atoms with E-state index in [-0.39, 0.29) is 17.8 Å². The van der Waals surface area contributed by atoms with Crippen LogP contribution in [0.2, 0.25) is 0 Å². The highest BCUT2D eigenvalue weighted by atomic mass is 35.5. The Kier molecular flexibility index (Phi) is 5.43. The van der Waals surface area contributed by atoms with Gasteiger partial charge in [0.1, 0.15) is 17.2 Å². The highest BCUT2D eigenvalue weighted by Crippen LogP contribution is 2.30. The Labute approximate surface area is 157 Å². The first-order chi connectivity index (χ1) is 12.5. The zero-order valence-electron chi connectivity index (χ0n) is 15.0. The number of ether oxygens (including phenoxy) is 1. The molecule has 26 heavy (non-hydrogen) atoms. The van der Waals surface area contributed by atoms with Crippen molar-refractivity contribution in [3.8, 4) is 5.75 Å². The molecule has 2 aromatic carbocycles. The molecule has 0 saturated heterocycles. The Bertz CT molecular complexity index is 1020. The molecule has 5 heteroatoms. The highest BCUT2D eigenvalue weighted by Gasteiger charge is 2.10. The number of alkyl halides is 1. The molecule has 0 N–H and O–H groups in total. The van der Waals surface area contributed by atoms with Crippen LogP contribution in [0.25, 0.3) is 10.8 Å². The van der Waals surface area contributed by atoms with Crippen molar-refractivity contribution in [1.82, 2.24) is 0 Å². The maximum absolute atomic E-state index is 11.8. The van der Waals surface area contributed by atoms with E-state index in [1.54, 1.807) is 18.2 Å². The second kappa shape index (κ2) is 7.75. The number of hydrogen-bond acceptors (Lipinski definition) is 4. The lowest BCUT2D eigenvalue weighted by molar-refractivity contribution is 0.101. The van der Waals surface area contributed by atoms with E-state index in [2.05, 4.69) is 4.99 Å².